The van der Waals surface area contributed by atoms with Crippen molar-refractivity contribution >= 4 is 5.97 Å². The van der Waals surface area contributed by atoms with Crippen LogP contribution in [0, 0.1) is 0 Å². The van der Waals surface area contributed by atoms with Crippen LogP contribution in [0.25, 0.3) is 0 Å². The van der Waals surface area contributed by atoms with Crippen molar-refractivity contribution in [3.8, 4) is 0 Å². The van der Waals surface area contributed by atoms with Gasteiger partial charge in [-0.25, -0.2) is 0 Å². The van der Waals surface area contributed by atoms with Crippen LogP contribution >= 0.6 is 0 Å². The standard InChI is InChI=1S/C16H21NO2/c1-11(2)17-9-12-4-5-14(8-13(12)10-17)16(15(18)19)6-3-7-16/h4-5,8,11H,3,6-7,9-10H2,1-2H3,(H,18,19). The molecular formula is C16H21NO2. The van der Waals surface area contributed by atoms with E-state index < -0.39 is 11.4 Å². The molecule has 0 atom stereocenters. The number of hydrogen-bond donors (Lipinski definition) is 1. The topological polar surface area (TPSA) is 40.5 Å². The summed E-state index contributed by atoms with van der Waals surface area (Å²) in [5.74, 6) is -0.655. The molecule has 1 fully saturated rings. The lowest BCUT2D eigenvalue weighted by molar-refractivity contribution is -0.147. The Morgan fingerprint density at radius 2 is 1.95 bits per heavy atom. The summed E-state index contributed by atoms with van der Waals surface area (Å²) in [5.41, 5.74) is 3.09. The molecule has 1 aliphatic carbocycles. The molecule has 102 valence electrons. The molecule has 19 heavy (non-hydrogen) atoms. The first-order valence-corrected chi connectivity index (χ1v) is 7.13. The Hall–Kier alpha value is -1.35. The minimum absolute atomic E-state index is 0.535. The van der Waals surface area contributed by atoms with Gasteiger partial charge in [-0.15, -0.1) is 0 Å². The lowest BCUT2D eigenvalue weighted by atomic mass is 9.64. The van der Waals surface area contributed by atoms with Gasteiger partial charge in [-0.3, -0.25) is 9.69 Å². The summed E-state index contributed by atoms with van der Waals surface area (Å²) >= 11 is 0. The molecule has 0 amide bonds. The fraction of sp³-hybridized carbons (Fsp3) is 0.562. The van der Waals surface area contributed by atoms with Crippen molar-refractivity contribution in [3.63, 3.8) is 0 Å². The third-order valence-electron chi connectivity index (χ3n) is 4.85. The fourth-order valence-electron chi connectivity index (χ4n) is 3.24. The Morgan fingerprint density at radius 3 is 2.47 bits per heavy atom. The fourth-order valence-corrected chi connectivity index (χ4v) is 3.24. The quantitative estimate of drug-likeness (QED) is 0.907. The Kier molecular flexibility index (Phi) is 2.90. The van der Waals surface area contributed by atoms with E-state index in [1.54, 1.807) is 0 Å². The molecule has 1 saturated carbocycles. The average molecular weight is 259 g/mol. The highest BCUT2D eigenvalue weighted by atomic mass is 16.4. The number of aliphatic carboxylic acids is 1. The predicted octanol–water partition coefficient (Wildman–Crippen LogP) is 2.92. The summed E-state index contributed by atoms with van der Waals surface area (Å²) in [6.07, 6.45) is 2.60. The van der Waals surface area contributed by atoms with Gasteiger partial charge in [0, 0.05) is 19.1 Å². The van der Waals surface area contributed by atoms with Gasteiger partial charge >= 0.3 is 5.97 Å². The molecule has 1 aliphatic heterocycles. The molecule has 0 saturated heterocycles. The van der Waals surface area contributed by atoms with Crippen LogP contribution in [0.1, 0.15) is 49.8 Å². The number of fused-ring (bicyclic) bond motifs is 1. The van der Waals surface area contributed by atoms with Crippen LogP contribution in [0.15, 0.2) is 18.2 Å². The van der Waals surface area contributed by atoms with Crippen molar-refractivity contribution in [2.24, 2.45) is 0 Å². The summed E-state index contributed by atoms with van der Waals surface area (Å²) in [4.78, 5) is 14.0. The number of carboxylic acids is 1. The van der Waals surface area contributed by atoms with Gasteiger partial charge in [-0.05, 0) is 43.4 Å². The molecular weight excluding hydrogens is 238 g/mol. The average Bonchev–Trinajstić information content (AvgIpc) is 2.70. The van der Waals surface area contributed by atoms with Crippen molar-refractivity contribution in [2.75, 3.05) is 0 Å². The van der Waals surface area contributed by atoms with Crippen LogP contribution in [0.5, 0.6) is 0 Å². The maximum Gasteiger partial charge on any atom is 0.314 e. The largest absolute Gasteiger partial charge is 0.481 e. The normalized spacial score (nSPS) is 21.2. The van der Waals surface area contributed by atoms with Crippen LogP contribution < -0.4 is 0 Å². The van der Waals surface area contributed by atoms with Crippen molar-refractivity contribution in [2.45, 2.75) is 57.7 Å². The molecule has 0 unspecified atom stereocenters. The molecule has 0 aromatic heterocycles. The van der Waals surface area contributed by atoms with E-state index in [1.165, 1.54) is 11.1 Å². The van der Waals surface area contributed by atoms with Gasteiger partial charge in [0.1, 0.15) is 0 Å². The Labute approximate surface area is 114 Å². The molecule has 0 radical (unpaired) electrons. The number of hydrogen-bond acceptors (Lipinski definition) is 2. The SMILES string of the molecule is CC(C)N1Cc2ccc(C3(C(=O)O)CCC3)cc2C1. The molecule has 1 aromatic carbocycles. The zero-order valence-electron chi connectivity index (χ0n) is 11.6. The van der Waals surface area contributed by atoms with E-state index in [0.717, 1.165) is 37.9 Å². The Morgan fingerprint density at radius 1 is 1.26 bits per heavy atom. The molecule has 2 aliphatic rings. The van der Waals surface area contributed by atoms with E-state index in [-0.39, 0.29) is 0 Å². The van der Waals surface area contributed by atoms with Gasteiger partial charge < -0.3 is 5.11 Å². The number of carboxylic acid groups (broad SMARTS) is 1. The minimum Gasteiger partial charge on any atom is -0.481 e. The van der Waals surface area contributed by atoms with Crippen molar-refractivity contribution in [3.05, 3.63) is 34.9 Å². The summed E-state index contributed by atoms with van der Waals surface area (Å²) in [7, 11) is 0. The van der Waals surface area contributed by atoms with E-state index in [1.807, 2.05) is 6.07 Å². The van der Waals surface area contributed by atoms with Crippen LogP contribution in [-0.2, 0) is 23.3 Å². The monoisotopic (exact) mass is 259 g/mol. The van der Waals surface area contributed by atoms with Crippen molar-refractivity contribution < 1.29 is 9.90 Å². The molecule has 1 heterocycles. The van der Waals surface area contributed by atoms with Gasteiger partial charge in [-0.1, -0.05) is 24.6 Å². The highest BCUT2D eigenvalue weighted by Crippen LogP contribution is 2.45. The van der Waals surface area contributed by atoms with Gasteiger partial charge in [-0.2, -0.15) is 0 Å². The third kappa shape index (κ3) is 1.88. The Balaban J connectivity index is 1.92. The second-order valence-corrected chi connectivity index (χ2v) is 6.22. The number of benzene rings is 1. The first-order valence-electron chi connectivity index (χ1n) is 7.13. The van der Waals surface area contributed by atoms with Crippen LogP contribution in [-0.4, -0.2) is 22.0 Å². The smallest absolute Gasteiger partial charge is 0.314 e. The minimum atomic E-state index is -0.655. The number of carbonyl (C=O) groups is 1. The maximum atomic E-state index is 11.6. The molecule has 0 bridgehead atoms. The summed E-state index contributed by atoms with van der Waals surface area (Å²) in [5, 5.41) is 9.52. The number of nitrogens with zero attached hydrogens (tertiary/aromatic N) is 1. The zero-order valence-corrected chi connectivity index (χ0v) is 11.6. The molecule has 3 rings (SSSR count). The van der Waals surface area contributed by atoms with Gasteiger partial charge in [0.2, 0.25) is 0 Å². The van der Waals surface area contributed by atoms with E-state index >= 15 is 0 Å². The third-order valence-corrected chi connectivity index (χ3v) is 4.85. The maximum absolute atomic E-state index is 11.6. The van der Waals surface area contributed by atoms with Gasteiger partial charge in [0.25, 0.3) is 0 Å². The summed E-state index contributed by atoms with van der Waals surface area (Å²) in [6, 6.07) is 6.85. The van der Waals surface area contributed by atoms with E-state index in [4.69, 9.17) is 0 Å². The lowest BCUT2D eigenvalue weighted by Gasteiger charge is -2.38. The molecule has 0 spiro atoms. The number of rotatable bonds is 3. The van der Waals surface area contributed by atoms with Gasteiger partial charge in [0.05, 0.1) is 5.41 Å². The predicted molar refractivity (Wildman–Crippen MR) is 74.0 cm³/mol. The first-order chi connectivity index (χ1) is 9.03. The second-order valence-electron chi connectivity index (χ2n) is 6.22. The second kappa shape index (κ2) is 4.34. The Bertz CT molecular complexity index is 517. The van der Waals surface area contributed by atoms with E-state index in [9.17, 15) is 9.90 Å². The van der Waals surface area contributed by atoms with Crippen LogP contribution in [0.3, 0.4) is 0 Å². The summed E-state index contributed by atoms with van der Waals surface area (Å²) < 4.78 is 0. The first kappa shape index (κ1) is 12.7. The van der Waals surface area contributed by atoms with Gasteiger partial charge in [0.15, 0.2) is 0 Å². The van der Waals surface area contributed by atoms with Crippen molar-refractivity contribution in [1.82, 2.24) is 4.90 Å². The van der Waals surface area contributed by atoms with E-state index in [0.29, 0.717) is 6.04 Å². The summed E-state index contributed by atoms with van der Waals surface area (Å²) in [6.45, 7) is 6.36. The lowest BCUT2D eigenvalue weighted by Crippen LogP contribution is -2.42. The van der Waals surface area contributed by atoms with Crippen molar-refractivity contribution in [1.29, 1.82) is 0 Å². The molecule has 3 heteroatoms. The zero-order chi connectivity index (χ0) is 13.6. The van der Waals surface area contributed by atoms with Crippen LogP contribution in [0.2, 0.25) is 0 Å². The van der Waals surface area contributed by atoms with E-state index in [2.05, 4.69) is 30.9 Å². The van der Waals surface area contributed by atoms with Crippen LogP contribution in [0.4, 0.5) is 0 Å². The molecule has 3 nitrogen and oxygen atoms in total. The highest BCUT2D eigenvalue weighted by molar-refractivity contribution is 5.82. The molecule has 1 N–H and O–H groups in total. The molecule has 1 aromatic rings. The highest BCUT2D eigenvalue weighted by Gasteiger charge is 2.46.